The van der Waals surface area contributed by atoms with E-state index < -0.39 is 41.2 Å². The average Bonchev–Trinajstić information content (AvgIpc) is 3.03. The number of esters is 1. The fraction of sp³-hybridized carbons (Fsp3) is 0.792. The van der Waals surface area contributed by atoms with Gasteiger partial charge >= 0.3 is 18.2 Å². The van der Waals surface area contributed by atoms with Gasteiger partial charge in [-0.1, -0.05) is 12.8 Å². The molecular weight excluding hydrogens is 444 g/mol. The van der Waals surface area contributed by atoms with Gasteiger partial charge in [0, 0.05) is 19.5 Å². The van der Waals surface area contributed by atoms with Crippen LogP contribution in [-0.4, -0.2) is 71.2 Å². The quantitative estimate of drug-likeness (QED) is 0.311. The van der Waals surface area contributed by atoms with E-state index in [-0.39, 0.29) is 12.5 Å². The third kappa shape index (κ3) is 10.1. The standard InChI is InChI=1S/C13H21NO5.C11H19NO3/c1-13(2,3)19-12(17)14-8-6-5-7-9(10(14)15)11(16)18-4;1-11(2,3)15-10(14)12-8-6-4-5-7-9(12)13/h9H,5-8H2,1-4H3;4-8H2,1-3H3. The number of carbonyl (C=O) groups excluding carboxylic acids is 5. The van der Waals surface area contributed by atoms with Crippen molar-refractivity contribution in [1.29, 1.82) is 0 Å². The number of nitrogens with zero attached hydrogens (tertiary/aromatic N) is 2. The first-order chi connectivity index (χ1) is 15.7. The smallest absolute Gasteiger partial charge is 0.417 e. The minimum Gasteiger partial charge on any atom is -0.468 e. The molecule has 0 N–H and O–H groups in total. The van der Waals surface area contributed by atoms with E-state index in [9.17, 15) is 24.0 Å². The van der Waals surface area contributed by atoms with Crippen molar-refractivity contribution in [1.82, 2.24) is 9.80 Å². The molecule has 2 heterocycles. The van der Waals surface area contributed by atoms with Crippen LogP contribution in [0.3, 0.4) is 0 Å². The molecule has 194 valence electrons. The van der Waals surface area contributed by atoms with Crippen LogP contribution >= 0.6 is 0 Å². The molecule has 0 aliphatic carbocycles. The molecule has 2 rings (SSSR count). The number of likely N-dealkylation sites (tertiary alicyclic amines) is 2. The van der Waals surface area contributed by atoms with E-state index in [4.69, 9.17) is 9.47 Å². The Balaban J connectivity index is 0.000000350. The van der Waals surface area contributed by atoms with Crippen molar-refractivity contribution >= 4 is 30.0 Å². The summed E-state index contributed by atoms with van der Waals surface area (Å²) >= 11 is 0. The van der Waals surface area contributed by atoms with E-state index in [0.29, 0.717) is 32.2 Å². The zero-order valence-corrected chi connectivity index (χ0v) is 21.6. The molecular formula is C24H40N2O8. The van der Waals surface area contributed by atoms with Crippen molar-refractivity contribution in [3.05, 3.63) is 0 Å². The summed E-state index contributed by atoms with van der Waals surface area (Å²) in [4.78, 5) is 61.2. The molecule has 34 heavy (non-hydrogen) atoms. The molecule has 0 aromatic heterocycles. The highest BCUT2D eigenvalue weighted by atomic mass is 16.6. The third-order valence-corrected chi connectivity index (χ3v) is 4.98. The van der Waals surface area contributed by atoms with E-state index >= 15 is 0 Å². The van der Waals surface area contributed by atoms with Gasteiger partial charge in [0.1, 0.15) is 17.1 Å². The van der Waals surface area contributed by atoms with Gasteiger partial charge in [-0.05, 0) is 67.2 Å². The summed E-state index contributed by atoms with van der Waals surface area (Å²) in [6, 6.07) is 0. The molecule has 0 spiro atoms. The molecule has 0 radical (unpaired) electrons. The number of rotatable bonds is 1. The second-order valence-electron chi connectivity index (χ2n) is 10.4. The molecule has 10 heteroatoms. The zero-order valence-electron chi connectivity index (χ0n) is 21.6. The summed E-state index contributed by atoms with van der Waals surface area (Å²) in [6.45, 7) is 11.4. The lowest BCUT2D eigenvalue weighted by atomic mass is 10.0. The maximum atomic E-state index is 12.2. The lowest BCUT2D eigenvalue weighted by molar-refractivity contribution is -0.152. The predicted molar refractivity (Wildman–Crippen MR) is 124 cm³/mol. The number of ether oxygens (including phenoxy) is 3. The van der Waals surface area contributed by atoms with Gasteiger partial charge in [0.2, 0.25) is 11.8 Å². The molecule has 2 saturated heterocycles. The summed E-state index contributed by atoms with van der Waals surface area (Å²) in [5, 5.41) is 0. The summed E-state index contributed by atoms with van der Waals surface area (Å²) in [7, 11) is 1.23. The maximum absolute atomic E-state index is 12.2. The van der Waals surface area contributed by atoms with Crippen molar-refractivity contribution in [2.75, 3.05) is 20.2 Å². The molecule has 10 nitrogen and oxygen atoms in total. The molecule has 1 atom stereocenters. The van der Waals surface area contributed by atoms with Crippen molar-refractivity contribution < 1.29 is 38.2 Å². The number of hydrogen-bond acceptors (Lipinski definition) is 8. The van der Waals surface area contributed by atoms with Crippen LogP contribution in [0, 0.1) is 5.92 Å². The molecule has 0 bridgehead atoms. The molecule has 2 fully saturated rings. The summed E-state index contributed by atoms with van der Waals surface area (Å²) in [5.74, 6) is -2.14. The summed E-state index contributed by atoms with van der Waals surface area (Å²) in [5.41, 5.74) is -1.21. The first-order valence-corrected chi connectivity index (χ1v) is 11.8. The van der Waals surface area contributed by atoms with Crippen LogP contribution in [0.2, 0.25) is 0 Å². The van der Waals surface area contributed by atoms with E-state index in [1.54, 1.807) is 41.5 Å². The summed E-state index contributed by atoms with van der Waals surface area (Å²) < 4.78 is 15.0. The summed E-state index contributed by atoms with van der Waals surface area (Å²) in [6.07, 6.45) is 3.78. The number of imide groups is 2. The second kappa shape index (κ2) is 12.7. The molecule has 0 aromatic rings. The van der Waals surface area contributed by atoms with E-state index in [2.05, 4.69) is 4.74 Å². The fourth-order valence-electron chi connectivity index (χ4n) is 3.39. The number of methoxy groups -OCH3 is 1. The number of hydrogen-bond donors (Lipinski definition) is 0. The number of amides is 4. The van der Waals surface area contributed by atoms with Crippen molar-refractivity contribution in [2.45, 2.75) is 97.7 Å². The Kier molecular flexibility index (Phi) is 11.0. The minimum atomic E-state index is -0.903. The van der Waals surface area contributed by atoms with Crippen LogP contribution in [-0.2, 0) is 28.6 Å². The Bertz CT molecular complexity index is 751. The second-order valence-corrected chi connectivity index (χ2v) is 10.4. The molecule has 0 aromatic carbocycles. The van der Waals surface area contributed by atoms with Crippen molar-refractivity contribution in [3.8, 4) is 0 Å². The van der Waals surface area contributed by atoms with Gasteiger partial charge in [0.25, 0.3) is 0 Å². The van der Waals surface area contributed by atoms with Crippen molar-refractivity contribution in [2.24, 2.45) is 5.92 Å². The van der Waals surface area contributed by atoms with Gasteiger partial charge in [-0.2, -0.15) is 0 Å². The molecule has 1 unspecified atom stereocenters. The highest BCUT2D eigenvalue weighted by Gasteiger charge is 2.38. The topological polar surface area (TPSA) is 120 Å². The highest BCUT2D eigenvalue weighted by molar-refractivity contribution is 6.03. The first kappa shape index (κ1) is 29.4. The van der Waals surface area contributed by atoms with Crippen molar-refractivity contribution in [3.63, 3.8) is 0 Å². The normalized spacial score (nSPS) is 19.8. The fourth-order valence-corrected chi connectivity index (χ4v) is 3.39. The van der Waals surface area contributed by atoms with Crippen LogP contribution in [0.4, 0.5) is 9.59 Å². The van der Waals surface area contributed by atoms with Crippen LogP contribution in [0.15, 0.2) is 0 Å². The first-order valence-electron chi connectivity index (χ1n) is 11.8. The maximum Gasteiger partial charge on any atom is 0.417 e. The molecule has 0 saturated carbocycles. The molecule has 2 aliphatic heterocycles. The van der Waals surface area contributed by atoms with Gasteiger partial charge in [-0.3, -0.25) is 14.4 Å². The van der Waals surface area contributed by atoms with Gasteiger partial charge in [0.05, 0.1) is 7.11 Å². The SMILES string of the molecule is CC(C)(C)OC(=O)N1CCCCCC1=O.COC(=O)C1CCCCN(C(=O)OC(C)(C)C)C1=O. The molecule has 4 amide bonds. The van der Waals surface area contributed by atoms with E-state index in [0.717, 1.165) is 24.2 Å². The van der Waals surface area contributed by atoms with Gasteiger partial charge < -0.3 is 14.2 Å². The minimum absolute atomic E-state index is 0.109. The Morgan fingerprint density at radius 3 is 1.79 bits per heavy atom. The Morgan fingerprint density at radius 2 is 1.26 bits per heavy atom. The lowest BCUT2D eigenvalue weighted by Gasteiger charge is -2.26. The van der Waals surface area contributed by atoms with Crippen LogP contribution in [0.1, 0.15) is 86.5 Å². The van der Waals surface area contributed by atoms with E-state index in [1.165, 1.54) is 12.0 Å². The Hall–Kier alpha value is -2.65. The zero-order chi connectivity index (χ0) is 26.1. The Labute approximate surface area is 202 Å². The van der Waals surface area contributed by atoms with Crippen LogP contribution in [0.25, 0.3) is 0 Å². The van der Waals surface area contributed by atoms with Gasteiger partial charge in [-0.15, -0.1) is 0 Å². The van der Waals surface area contributed by atoms with Crippen LogP contribution in [0.5, 0.6) is 0 Å². The largest absolute Gasteiger partial charge is 0.468 e. The van der Waals surface area contributed by atoms with Crippen LogP contribution < -0.4 is 0 Å². The molecule has 2 aliphatic rings. The third-order valence-electron chi connectivity index (χ3n) is 4.98. The highest BCUT2D eigenvalue weighted by Crippen LogP contribution is 2.21. The average molecular weight is 485 g/mol. The predicted octanol–water partition coefficient (Wildman–Crippen LogP) is 4.05. The Morgan fingerprint density at radius 1 is 0.765 bits per heavy atom. The monoisotopic (exact) mass is 484 g/mol. The van der Waals surface area contributed by atoms with Gasteiger partial charge in [0.15, 0.2) is 0 Å². The lowest BCUT2D eigenvalue weighted by Crippen LogP contribution is -2.44. The number of carbonyl (C=O) groups is 5. The van der Waals surface area contributed by atoms with Gasteiger partial charge in [-0.25, -0.2) is 19.4 Å². The van der Waals surface area contributed by atoms with E-state index in [1.807, 2.05) is 0 Å².